The first kappa shape index (κ1) is 16.9. The molecule has 7 heteroatoms. The highest BCUT2D eigenvalue weighted by atomic mass is 79.9. The summed E-state index contributed by atoms with van der Waals surface area (Å²) in [6.45, 7) is 2.28. The van der Waals surface area contributed by atoms with Gasteiger partial charge in [-0.05, 0) is 46.6 Å². The number of rotatable bonds is 3. The van der Waals surface area contributed by atoms with Crippen LogP contribution in [0.15, 0.2) is 28.9 Å². The van der Waals surface area contributed by atoms with Crippen molar-refractivity contribution in [2.45, 2.75) is 38.3 Å². The Bertz CT molecular complexity index is 782. The molecule has 1 aromatic carbocycles. The molecule has 0 N–H and O–H groups in total. The van der Waals surface area contributed by atoms with Gasteiger partial charge in [-0.1, -0.05) is 11.6 Å². The van der Waals surface area contributed by atoms with Crippen LogP contribution in [0.3, 0.4) is 0 Å². The van der Waals surface area contributed by atoms with Crippen molar-refractivity contribution >= 4 is 33.4 Å². The van der Waals surface area contributed by atoms with Gasteiger partial charge in [0.2, 0.25) is 0 Å². The molecule has 2 aromatic rings. The number of fused-ring (bicyclic) bond motifs is 1. The second kappa shape index (κ2) is 7.00. The standard InChI is InChI=1S/C18H19BrClN3O2/c19-17-16(23-9-1-2-15(23)21-17)18(24)22-10-7-14(8-11-22)25-13-5-3-12(20)4-6-13/h3-6,14H,1-2,7-11H2. The van der Waals surface area contributed by atoms with Crippen LogP contribution in [0.25, 0.3) is 0 Å². The fourth-order valence-electron chi connectivity index (χ4n) is 3.53. The predicted octanol–water partition coefficient (Wildman–Crippen LogP) is 3.93. The number of carbonyl (C=O) groups excluding carboxylic acids is 1. The first-order valence-electron chi connectivity index (χ1n) is 8.58. The lowest BCUT2D eigenvalue weighted by molar-refractivity contribution is 0.0585. The molecule has 1 saturated heterocycles. The minimum Gasteiger partial charge on any atom is -0.490 e. The Hall–Kier alpha value is -1.53. The number of ether oxygens (including phenoxy) is 1. The first-order valence-corrected chi connectivity index (χ1v) is 9.75. The van der Waals surface area contributed by atoms with Gasteiger partial charge in [-0.2, -0.15) is 0 Å². The summed E-state index contributed by atoms with van der Waals surface area (Å²) in [6, 6.07) is 7.42. The third-order valence-electron chi connectivity index (χ3n) is 4.83. The summed E-state index contributed by atoms with van der Waals surface area (Å²) in [5.41, 5.74) is 0.699. The number of aryl methyl sites for hydroxylation is 1. The van der Waals surface area contributed by atoms with Crippen LogP contribution < -0.4 is 4.74 Å². The van der Waals surface area contributed by atoms with Gasteiger partial charge in [-0.25, -0.2) is 4.98 Å². The minimum absolute atomic E-state index is 0.0671. The molecule has 0 aliphatic carbocycles. The van der Waals surface area contributed by atoms with Crippen LogP contribution in [0.5, 0.6) is 5.75 Å². The molecule has 0 saturated carbocycles. The van der Waals surface area contributed by atoms with Crippen molar-refractivity contribution in [1.29, 1.82) is 0 Å². The Morgan fingerprint density at radius 1 is 1.20 bits per heavy atom. The van der Waals surface area contributed by atoms with Gasteiger partial charge in [0, 0.05) is 43.9 Å². The summed E-state index contributed by atoms with van der Waals surface area (Å²) >= 11 is 9.36. The first-order chi connectivity index (χ1) is 12.1. The van der Waals surface area contributed by atoms with Gasteiger partial charge in [0.05, 0.1) is 0 Å². The van der Waals surface area contributed by atoms with Gasteiger partial charge in [0.25, 0.3) is 5.91 Å². The molecule has 1 fully saturated rings. The molecular weight excluding hydrogens is 406 g/mol. The monoisotopic (exact) mass is 423 g/mol. The van der Waals surface area contributed by atoms with Crippen LogP contribution in [0.1, 0.15) is 35.6 Å². The van der Waals surface area contributed by atoms with Gasteiger partial charge in [0.15, 0.2) is 0 Å². The lowest BCUT2D eigenvalue weighted by Gasteiger charge is -2.32. The highest BCUT2D eigenvalue weighted by Crippen LogP contribution is 2.27. The summed E-state index contributed by atoms with van der Waals surface area (Å²) in [4.78, 5) is 19.3. The smallest absolute Gasteiger partial charge is 0.273 e. The van der Waals surface area contributed by atoms with Crippen LogP contribution in [0.2, 0.25) is 5.02 Å². The van der Waals surface area contributed by atoms with Crippen LogP contribution >= 0.6 is 27.5 Å². The SMILES string of the molecule is O=C(c1c(Br)nc2n1CCC2)N1CCC(Oc2ccc(Cl)cc2)CC1. The summed E-state index contributed by atoms with van der Waals surface area (Å²) in [5, 5.41) is 0.701. The predicted molar refractivity (Wildman–Crippen MR) is 99.3 cm³/mol. The zero-order valence-electron chi connectivity index (χ0n) is 13.8. The summed E-state index contributed by atoms with van der Waals surface area (Å²) in [7, 11) is 0. The molecular formula is C18H19BrClN3O2. The maximum absolute atomic E-state index is 12.9. The van der Waals surface area contributed by atoms with E-state index in [4.69, 9.17) is 16.3 Å². The Kier molecular flexibility index (Phi) is 4.73. The number of hydrogen-bond acceptors (Lipinski definition) is 3. The fourth-order valence-corrected chi connectivity index (χ4v) is 4.24. The molecule has 0 bridgehead atoms. The third-order valence-corrected chi connectivity index (χ3v) is 5.64. The molecule has 1 aromatic heterocycles. The Labute approximate surface area is 160 Å². The van der Waals surface area contributed by atoms with Crippen LogP contribution in [0.4, 0.5) is 0 Å². The molecule has 0 unspecified atom stereocenters. The summed E-state index contributed by atoms with van der Waals surface area (Å²) in [5.74, 6) is 1.90. The molecule has 4 rings (SSSR count). The van der Waals surface area contributed by atoms with E-state index >= 15 is 0 Å². The van der Waals surface area contributed by atoms with E-state index in [0.29, 0.717) is 28.4 Å². The molecule has 5 nitrogen and oxygen atoms in total. The van der Waals surface area contributed by atoms with E-state index in [1.165, 1.54) is 0 Å². The van der Waals surface area contributed by atoms with Gasteiger partial charge < -0.3 is 14.2 Å². The van der Waals surface area contributed by atoms with Crippen molar-refractivity contribution in [3.63, 3.8) is 0 Å². The number of nitrogens with zero attached hydrogens (tertiary/aromatic N) is 3. The zero-order valence-corrected chi connectivity index (χ0v) is 16.1. The number of halogens is 2. The average molecular weight is 425 g/mol. The minimum atomic E-state index is 0.0671. The Balaban J connectivity index is 1.39. The van der Waals surface area contributed by atoms with Crippen LogP contribution in [-0.4, -0.2) is 39.6 Å². The number of piperidine rings is 1. The van der Waals surface area contributed by atoms with Gasteiger partial charge >= 0.3 is 0 Å². The second-order valence-corrected chi connectivity index (χ2v) is 7.67. The summed E-state index contributed by atoms with van der Waals surface area (Å²) in [6.07, 6.45) is 3.79. The molecule has 132 valence electrons. The maximum atomic E-state index is 12.9. The number of hydrogen-bond donors (Lipinski definition) is 0. The van der Waals surface area contributed by atoms with E-state index in [2.05, 4.69) is 25.5 Å². The van der Waals surface area contributed by atoms with E-state index in [-0.39, 0.29) is 12.0 Å². The third kappa shape index (κ3) is 3.42. The van der Waals surface area contributed by atoms with Gasteiger partial charge in [-0.3, -0.25) is 4.79 Å². The fraction of sp³-hybridized carbons (Fsp3) is 0.444. The molecule has 2 aliphatic rings. The van der Waals surface area contributed by atoms with Crippen molar-refractivity contribution in [2.24, 2.45) is 0 Å². The van der Waals surface area contributed by atoms with Crippen molar-refractivity contribution in [2.75, 3.05) is 13.1 Å². The number of aromatic nitrogens is 2. The molecule has 3 heterocycles. The van der Waals surface area contributed by atoms with E-state index in [9.17, 15) is 4.79 Å². The highest BCUT2D eigenvalue weighted by Gasteiger charge is 2.30. The normalized spacial score (nSPS) is 17.6. The molecule has 2 aliphatic heterocycles. The van der Waals surface area contributed by atoms with E-state index < -0.39 is 0 Å². The highest BCUT2D eigenvalue weighted by molar-refractivity contribution is 9.10. The van der Waals surface area contributed by atoms with Crippen LogP contribution in [0, 0.1) is 0 Å². The lowest BCUT2D eigenvalue weighted by atomic mass is 10.1. The van der Waals surface area contributed by atoms with Crippen molar-refractivity contribution < 1.29 is 9.53 Å². The average Bonchev–Trinajstić information content (AvgIpc) is 3.17. The van der Waals surface area contributed by atoms with Crippen LogP contribution in [-0.2, 0) is 13.0 Å². The summed E-state index contributed by atoms with van der Waals surface area (Å²) < 4.78 is 8.73. The van der Waals surface area contributed by atoms with Gasteiger partial charge in [-0.15, -0.1) is 0 Å². The maximum Gasteiger partial charge on any atom is 0.273 e. The van der Waals surface area contributed by atoms with E-state index in [0.717, 1.165) is 43.8 Å². The molecule has 1 amide bonds. The number of benzene rings is 1. The second-order valence-electron chi connectivity index (χ2n) is 6.49. The molecule has 0 atom stereocenters. The lowest BCUT2D eigenvalue weighted by Crippen LogP contribution is -2.42. The topological polar surface area (TPSA) is 47.4 Å². The van der Waals surface area contributed by atoms with Gasteiger partial charge in [0.1, 0.15) is 28.0 Å². The number of likely N-dealkylation sites (tertiary alicyclic amines) is 1. The Morgan fingerprint density at radius 3 is 2.64 bits per heavy atom. The van der Waals surface area contributed by atoms with Crippen molar-refractivity contribution in [3.8, 4) is 5.75 Å². The number of carbonyl (C=O) groups is 1. The molecule has 25 heavy (non-hydrogen) atoms. The quantitative estimate of drug-likeness (QED) is 0.750. The zero-order chi connectivity index (χ0) is 17.4. The largest absolute Gasteiger partial charge is 0.490 e. The Morgan fingerprint density at radius 2 is 1.92 bits per heavy atom. The van der Waals surface area contributed by atoms with E-state index in [1.807, 2.05) is 29.2 Å². The number of imidazole rings is 1. The molecule has 0 spiro atoms. The van der Waals surface area contributed by atoms with Crippen molar-refractivity contribution in [3.05, 3.63) is 45.4 Å². The molecule has 0 radical (unpaired) electrons. The number of amides is 1. The van der Waals surface area contributed by atoms with E-state index in [1.54, 1.807) is 0 Å². The van der Waals surface area contributed by atoms with Crippen molar-refractivity contribution in [1.82, 2.24) is 14.5 Å².